The van der Waals surface area contributed by atoms with E-state index in [1.807, 2.05) is 15.2 Å². The summed E-state index contributed by atoms with van der Waals surface area (Å²) in [7, 11) is 0. The summed E-state index contributed by atoms with van der Waals surface area (Å²) in [5, 5.41) is 13.9. The monoisotopic (exact) mass is 456 g/mol. The first kappa shape index (κ1) is 22.1. The summed E-state index contributed by atoms with van der Waals surface area (Å²) in [6.45, 7) is 5.15. The number of amidine groups is 1. The quantitative estimate of drug-likeness (QED) is 0.365. The number of ether oxygens (including phenoxy) is 1. The second-order valence-electron chi connectivity index (χ2n) is 7.73. The molecule has 0 saturated carbocycles. The number of esters is 1. The van der Waals surface area contributed by atoms with Gasteiger partial charge in [-0.25, -0.2) is 9.79 Å². The summed E-state index contributed by atoms with van der Waals surface area (Å²) in [5.74, 6) is -0.497. The third-order valence-corrected chi connectivity index (χ3v) is 6.57. The van der Waals surface area contributed by atoms with Crippen molar-refractivity contribution in [2.45, 2.75) is 39.2 Å². The van der Waals surface area contributed by atoms with Gasteiger partial charge in [-0.3, -0.25) is 14.9 Å². The molecule has 1 atom stereocenters. The molecular weight excluding hydrogens is 432 g/mol. The zero-order valence-electron chi connectivity index (χ0n) is 17.9. The Bertz CT molecular complexity index is 1060. The fraction of sp³-hybridized carbons (Fsp3) is 0.409. The zero-order valence-corrected chi connectivity index (χ0v) is 18.8. The number of carbonyl (C=O) groups is 2. The lowest BCUT2D eigenvalue weighted by Gasteiger charge is -2.36. The largest absolute Gasteiger partial charge is 0.463 e. The molecule has 0 unspecified atom stereocenters. The van der Waals surface area contributed by atoms with E-state index in [9.17, 15) is 19.7 Å². The number of likely N-dealkylation sites (tertiary alicyclic amines) is 1. The summed E-state index contributed by atoms with van der Waals surface area (Å²) >= 11 is 1.38. The van der Waals surface area contributed by atoms with Gasteiger partial charge in [-0.2, -0.15) is 0 Å². The average Bonchev–Trinajstić information content (AvgIpc) is 3.43. The number of hydrogen-bond donors (Lipinski definition) is 0. The maximum absolute atomic E-state index is 12.9. The first-order valence-electron chi connectivity index (χ1n) is 10.5. The van der Waals surface area contributed by atoms with Gasteiger partial charge in [0.2, 0.25) is 5.91 Å². The molecule has 10 heteroatoms. The van der Waals surface area contributed by atoms with Crippen molar-refractivity contribution < 1.29 is 19.2 Å². The highest BCUT2D eigenvalue weighted by Gasteiger charge is 2.41. The Hall–Kier alpha value is -3.14. The number of nitrogens with zero attached hydrogens (tertiary/aromatic N) is 4. The number of carbonyl (C=O) groups excluding carboxylic acids is 2. The van der Waals surface area contributed by atoms with Gasteiger partial charge in [0.1, 0.15) is 0 Å². The highest BCUT2D eigenvalue weighted by molar-refractivity contribution is 8.16. The normalized spacial score (nSPS) is 20.1. The molecule has 0 N–H and O–H groups in total. The lowest BCUT2D eigenvalue weighted by atomic mass is 9.93. The molecule has 1 aromatic rings. The molecular formula is C22H24N4O5S. The Morgan fingerprint density at radius 3 is 2.75 bits per heavy atom. The van der Waals surface area contributed by atoms with Crippen LogP contribution in [0, 0.1) is 10.1 Å². The van der Waals surface area contributed by atoms with Gasteiger partial charge in [-0.15, -0.1) is 0 Å². The molecule has 32 heavy (non-hydrogen) atoms. The van der Waals surface area contributed by atoms with Gasteiger partial charge in [-0.1, -0.05) is 23.9 Å². The Morgan fingerprint density at radius 2 is 2.06 bits per heavy atom. The van der Waals surface area contributed by atoms with Crippen LogP contribution in [-0.4, -0.2) is 51.5 Å². The van der Waals surface area contributed by atoms with Crippen LogP contribution in [0.3, 0.4) is 0 Å². The van der Waals surface area contributed by atoms with Crippen molar-refractivity contribution >= 4 is 34.5 Å². The molecule has 3 aliphatic rings. The van der Waals surface area contributed by atoms with Gasteiger partial charge >= 0.3 is 5.97 Å². The molecule has 3 heterocycles. The third-order valence-electron chi connectivity index (χ3n) is 5.68. The number of non-ortho nitro benzene ring substituents is 1. The van der Waals surface area contributed by atoms with E-state index >= 15 is 0 Å². The van der Waals surface area contributed by atoms with Crippen molar-refractivity contribution in [1.82, 2.24) is 9.80 Å². The van der Waals surface area contributed by atoms with E-state index in [0.29, 0.717) is 22.0 Å². The lowest BCUT2D eigenvalue weighted by molar-refractivity contribution is -0.384. The second kappa shape index (κ2) is 9.15. The van der Waals surface area contributed by atoms with Crippen LogP contribution >= 0.6 is 11.8 Å². The molecule has 0 aliphatic carbocycles. The van der Waals surface area contributed by atoms with Gasteiger partial charge in [0.05, 0.1) is 35.3 Å². The van der Waals surface area contributed by atoms with Gasteiger partial charge in [0, 0.05) is 30.9 Å². The Balaban J connectivity index is 1.75. The average molecular weight is 457 g/mol. The first-order valence-corrected chi connectivity index (χ1v) is 11.4. The number of aliphatic imine (C=N–C) groups is 1. The number of allylic oxidation sites excluding steroid dienone is 1. The molecule has 0 aromatic heterocycles. The van der Waals surface area contributed by atoms with Gasteiger partial charge in [0.25, 0.3) is 5.69 Å². The maximum Gasteiger partial charge on any atom is 0.338 e. The molecule has 4 rings (SSSR count). The van der Waals surface area contributed by atoms with Crippen molar-refractivity contribution in [3.05, 3.63) is 62.3 Å². The minimum absolute atomic E-state index is 0.0253. The van der Waals surface area contributed by atoms with Crippen molar-refractivity contribution in [3.63, 3.8) is 0 Å². The van der Waals surface area contributed by atoms with Crippen LogP contribution in [0.25, 0.3) is 0 Å². The van der Waals surface area contributed by atoms with Crippen LogP contribution in [0.5, 0.6) is 0 Å². The van der Waals surface area contributed by atoms with Gasteiger partial charge in [0.15, 0.2) is 5.17 Å². The summed E-state index contributed by atoms with van der Waals surface area (Å²) < 4.78 is 5.30. The van der Waals surface area contributed by atoms with Crippen LogP contribution in [0.1, 0.15) is 44.7 Å². The minimum Gasteiger partial charge on any atom is -0.463 e. The summed E-state index contributed by atoms with van der Waals surface area (Å²) in [5.41, 5.74) is 2.03. The van der Waals surface area contributed by atoms with Crippen LogP contribution in [0.15, 0.2) is 51.6 Å². The summed E-state index contributed by atoms with van der Waals surface area (Å²) in [6.07, 6.45) is 2.18. The number of rotatable bonds is 6. The van der Waals surface area contributed by atoms with Crippen molar-refractivity contribution in [2.75, 3.05) is 19.7 Å². The van der Waals surface area contributed by atoms with E-state index in [0.717, 1.165) is 31.6 Å². The van der Waals surface area contributed by atoms with E-state index in [4.69, 9.17) is 4.74 Å². The third kappa shape index (κ3) is 4.14. The molecule has 0 radical (unpaired) electrons. The van der Waals surface area contributed by atoms with Crippen molar-refractivity contribution in [1.29, 1.82) is 0 Å². The van der Waals surface area contributed by atoms with Crippen LogP contribution in [-0.2, 0) is 14.3 Å². The summed E-state index contributed by atoms with van der Waals surface area (Å²) in [4.78, 5) is 45.0. The molecule has 0 spiro atoms. The number of benzene rings is 1. The highest BCUT2D eigenvalue weighted by atomic mass is 32.2. The molecule has 1 aromatic carbocycles. The van der Waals surface area contributed by atoms with E-state index in [1.54, 1.807) is 26.0 Å². The molecule has 1 saturated heterocycles. The number of amides is 1. The molecule has 1 fully saturated rings. The molecule has 3 aliphatic heterocycles. The Morgan fingerprint density at radius 1 is 1.31 bits per heavy atom. The first-order chi connectivity index (χ1) is 15.4. The van der Waals surface area contributed by atoms with Gasteiger partial charge < -0.3 is 14.5 Å². The van der Waals surface area contributed by atoms with E-state index < -0.39 is 16.9 Å². The number of thioether (sulfide) groups is 1. The number of hydrogen-bond acceptors (Lipinski definition) is 8. The summed E-state index contributed by atoms with van der Waals surface area (Å²) in [6, 6.07) is 5.54. The highest BCUT2D eigenvalue weighted by Crippen LogP contribution is 2.45. The maximum atomic E-state index is 12.9. The molecule has 1 amide bonds. The van der Waals surface area contributed by atoms with Crippen molar-refractivity contribution in [2.24, 2.45) is 4.99 Å². The fourth-order valence-electron chi connectivity index (χ4n) is 4.20. The van der Waals surface area contributed by atoms with Crippen LogP contribution < -0.4 is 0 Å². The minimum atomic E-state index is -0.672. The number of fused-ring (bicyclic) bond motifs is 1. The smallest absolute Gasteiger partial charge is 0.338 e. The predicted octanol–water partition coefficient (Wildman–Crippen LogP) is 3.75. The standard InChI is InChI=1S/C22H24N4O5S/c1-3-31-21(28)19-14(2)23-22-25(20(19)15-7-6-8-16(11-15)26(29)30)17(13-32-22)12-18(27)24-9-4-5-10-24/h6-8,11,13,20H,3-5,9-10,12H2,1-2H3/t20-/m0/s1. The van der Waals surface area contributed by atoms with Gasteiger partial charge in [-0.05, 0) is 37.7 Å². The number of nitro benzene ring substituents is 1. The second-order valence-corrected chi connectivity index (χ2v) is 8.57. The lowest BCUT2D eigenvalue weighted by Crippen LogP contribution is -2.38. The zero-order chi connectivity index (χ0) is 22.8. The molecule has 9 nitrogen and oxygen atoms in total. The predicted molar refractivity (Wildman–Crippen MR) is 121 cm³/mol. The Kier molecular flexibility index (Phi) is 6.31. The van der Waals surface area contributed by atoms with E-state index in [-0.39, 0.29) is 24.6 Å². The van der Waals surface area contributed by atoms with E-state index in [1.165, 1.54) is 23.9 Å². The van der Waals surface area contributed by atoms with Crippen LogP contribution in [0.4, 0.5) is 5.69 Å². The molecule has 0 bridgehead atoms. The number of nitro groups is 1. The topological polar surface area (TPSA) is 105 Å². The Labute approximate surface area is 190 Å². The van der Waals surface area contributed by atoms with E-state index in [2.05, 4.69) is 4.99 Å². The SMILES string of the molecule is CCOC(=O)C1=C(C)N=C2SC=C(CC(=O)N3CCCC3)N2[C@H]1c1cccc([N+](=O)[O-])c1. The molecule has 168 valence electrons. The van der Waals surface area contributed by atoms with Crippen LogP contribution in [0.2, 0.25) is 0 Å². The van der Waals surface area contributed by atoms with Crippen molar-refractivity contribution in [3.8, 4) is 0 Å². The fourth-order valence-corrected chi connectivity index (χ4v) is 5.16.